The van der Waals surface area contributed by atoms with Crippen molar-refractivity contribution in [1.29, 1.82) is 0 Å². The molecule has 1 rings (SSSR count). The van der Waals surface area contributed by atoms with Gasteiger partial charge in [0.25, 0.3) is 0 Å². The molecule has 1 saturated carbocycles. The van der Waals surface area contributed by atoms with E-state index in [0.29, 0.717) is 13.2 Å². The Balaban J connectivity index is 1.83. The summed E-state index contributed by atoms with van der Waals surface area (Å²) < 4.78 is 10.4. The summed E-state index contributed by atoms with van der Waals surface area (Å²) in [6.45, 7) is 5.39. The van der Waals surface area contributed by atoms with Gasteiger partial charge >= 0.3 is 0 Å². The third-order valence-electron chi connectivity index (χ3n) is 3.09. The van der Waals surface area contributed by atoms with Crippen molar-refractivity contribution in [3.8, 4) is 0 Å². The Morgan fingerprint density at radius 1 is 1.39 bits per heavy atom. The maximum absolute atomic E-state index is 9.67. The third kappa shape index (κ3) is 8.83. The lowest BCUT2D eigenvalue weighted by Crippen LogP contribution is -2.36. The van der Waals surface area contributed by atoms with E-state index in [2.05, 4.69) is 17.3 Å². The molecule has 0 spiro atoms. The average Bonchev–Trinajstić information content (AvgIpc) is 3.16. The number of hydrogen-bond acceptors (Lipinski definition) is 5. The Labute approximate surface area is 110 Å². The summed E-state index contributed by atoms with van der Waals surface area (Å²) in [7, 11) is 3.78. The lowest BCUT2D eigenvalue weighted by Gasteiger charge is -2.17. The normalized spacial score (nSPS) is 17.3. The zero-order valence-corrected chi connectivity index (χ0v) is 11.7. The largest absolute Gasteiger partial charge is 0.389 e. The van der Waals surface area contributed by atoms with Gasteiger partial charge in [0.05, 0.1) is 19.3 Å². The van der Waals surface area contributed by atoms with Gasteiger partial charge in [-0.1, -0.05) is 0 Å². The van der Waals surface area contributed by atoms with Gasteiger partial charge in [-0.2, -0.15) is 0 Å². The average molecular weight is 260 g/mol. The van der Waals surface area contributed by atoms with Crippen LogP contribution in [0.1, 0.15) is 12.8 Å². The molecule has 1 aliphatic rings. The molecule has 0 amide bonds. The van der Waals surface area contributed by atoms with Crippen LogP contribution in [-0.4, -0.2) is 76.3 Å². The third-order valence-corrected chi connectivity index (χ3v) is 3.09. The van der Waals surface area contributed by atoms with E-state index < -0.39 is 6.10 Å². The van der Waals surface area contributed by atoms with Crippen molar-refractivity contribution in [1.82, 2.24) is 10.2 Å². The van der Waals surface area contributed by atoms with Crippen LogP contribution in [0.15, 0.2) is 0 Å². The van der Waals surface area contributed by atoms with Crippen molar-refractivity contribution < 1.29 is 14.6 Å². The molecule has 0 radical (unpaired) electrons. The van der Waals surface area contributed by atoms with Crippen LogP contribution >= 0.6 is 0 Å². The predicted molar refractivity (Wildman–Crippen MR) is 71.8 cm³/mol. The van der Waals surface area contributed by atoms with Gasteiger partial charge in [0.2, 0.25) is 0 Å². The molecule has 0 aliphatic heterocycles. The van der Waals surface area contributed by atoms with Gasteiger partial charge < -0.3 is 24.8 Å². The minimum Gasteiger partial charge on any atom is -0.389 e. The number of hydrogen-bond donors (Lipinski definition) is 2. The van der Waals surface area contributed by atoms with Crippen molar-refractivity contribution in [2.24, 2.45) is 5.92 Å². The molecule has 1 atom stereocenters. The molecule has 1 fully saturated rings. The number of aliphatic hydroxyl groups is 1. The molecule has 5 nitrogen and oxygen atoms in total. The first-order valence-corrected chi connectivity index (χ1v) is 6.86. The van der Waals surface area contributed by atoms with Gasteiger partial charge in [-0.25, -0.2) is 0 Å². The van der Waals surface area contributed by atoms with E-state index in [9.17, 15) is 5.11 Å². The minimum atomic E-state index is -0.395. The molecular formula is C13H28N2O3. The molecule has 0 aromatic carbocycles. The number of aliphatic hydroxyl groups excluding tert-OH is 1. The quantitative estimate of drug-likeness (QED) is 0.482. The molecule has 0 heterocycles. The fraction of sp³-hybridized carbons (Fsp3) is 1.00. The number of rotatable bonds is 12. The summed E-state index contributed by atoms with van der Waals surface area (Å²) in [4.78, 5) is 2.20. The number of likely N-dealkylation sites (N-methyl/N-ethyl adjacent to an activating group) is 1. The highest BCUT2D eigenvalue weighted by molar-refractivity contribution is 4.72. The Morgan fingerprint density at radius 2 is 2.17 bits per heavy atom. The number of nitrogens with one attached hydrogen (secondary N) is 1. The van der Waals surface area contributed by atoms with Crippen LogP contribution in [0.3, 0.4) is 0 Å². The SMILES string of the molecule is COCCN(C)CCNCC(O)COCC1CC1. The molecule has 2 N–H and O–H groups in total. The number of nitrogens with zero attached hydrogens (tertiary/aromatic N) is 1. The summed E-state index contributed by atoms with van der Waals surface area (Å²) in [5.41, 5.74) is 0. The Kier molecular flexibility index (Phi) is 8.54. The first-order chi connectivity index (χ1) is 8.72. The van der Waals surface area contributed by atoms with E-state index in [4.69, 9.17) is 9.47 Å². The van der Waals surface area contributed by atoms with Crippen molar-refractivity contribution in [2.45, 2.75) is 18.9 Å². The standard InChI is InChI=1S/C13H28N2O3/c1-15(7-8-17-2)6-5-14-9-13(16)11-18-10-12-3-4-12/h12-14,16H,3-11H2,1-2H3. The molecule has 108 valence electrons. The molecular weight excluding hydrogens is 232 g/mol. The summed E-state index contributed by atoms with van der Waals surface area (Å²) in [6.07, 6.45) is 2.19. The van der Waals surface area contributed by atoms with Crippen molar-refractivity contribution in [3.05, 3.63) is 0 Å². The van der Waals surface area contributed by atoms with Crippen LogP contribution < -0.4 is 5.32 Å². The highest BCUT2D eigenvalue weighted by Gasteiger charge is 2.21. The second kappa shape index (κ2) is 9.69. The van der Waals surface area contributed by atoms with Gasteiger partial charge in [-0.3, -0.25) is 0 Å². The molecule has 0 saturated heterocycles. The fourth-order valence-electron chi connectivity index (χ4n) is 1.61. The van der Waals surface area contributed by atoms with Crippen LogP contribution in [0, 0.1) is 5.92 Å². The highest BCUT2D eigenvalue weighted by atomic mass is 16.5. The molecule has 5 heteroatoms. The van der Waals surface area contributed by atoms with E-state index in [1.165, 1.54) is 12.8 Å². The molecule has 0 aromatic heterocycles. The maximum Gasteiger partial charge on any atom is 0.0897 e. The van der Waals surface area contributed by atoms with E-state index in [0.717, 1.165) is 38.8 Å². The topological polar surface area (TPSA) is 54.0 Å². The van der Waals surface area contributed by atoms with E-state index in [-0.39, 0.29) is 0 Å². The number of methoxy groups -OCH3 is 1. The molecule has 18 heavy (non-hydrogen) atoms. The highest BCUT2D eigenvalue weighted by Crippen LogP contribution is 2.28. The van der Waals surface area contributed by atoms with Crippen molar-refractivity contribution >= 4 is 0 Å². The Hall–Kier alpha value is -0.200. The second-order valence-electron chi connectivity index (χ2n) is 5.13. The van der Waals surface area contributed by atoms with Gasteiger partial charge in [-0.15, -0.1) is 0 Å². The first-order valence-electron chi connectivity index (χ1n) is 6.86. The molecule has 1 unspecified atom stereocenters. The summed E-state index contributed by atoms with van der Waals surface area (Å²) in [5, 5.41) is 12.9. The van der Waals surface area contributed by atoms with Gasteiger partial charge in [0.1, 0.15) is 0 Å². The Bertz CT molecular complexity index is 201. The van der Waals surface area contributed by atoms with Crippen LogP contribution in [0.25, 0.3) is 0 Å². The van der Waals surface area contributed by atoms with Gasteiger partial charge in [0.15, 0.2) is 0 Å². The lowest BCUT2D eigenvalue weighted by molar-refractivity contribution is 0.0324. The number of ether oxygens (including phenoxy) is 2. The smallest absolute Gasteiger partial charge is 0.0897 e. The Morgan fingerprint density at radius 3 is 2.83 bits per heavy atom. The lowest BCUT2D eigenvalue weighted by atomic mass is 10.3. The minimum absolute atomic E-state index is 0.395. The molecule has 0 bridgehead atoms. The summed E-state index contributed by atoms with van der Waals surface area (Å²) in [6, 6.07) is 0. The zero-order valence-electron chi connectivity index (χ0n) is 11.7. The van der Waals surface area contributed by atoms with Crippen molar-refractivity contribution in [2.75, 3.05) is 60.2 Å². The van der Waals surface area contributed by atoms with Gasteiger partial charge in [0, 0.05) is 39.9 Å². The predicted octanol–water partition coefficient (Wildman–Crippen LogP) is -0.0583. The zero-order chi connectivity index (χ0) is 13.2. The second-order valence-corrected chi connectivity index (χ2v) is 5.13. The van der Waals surface area contributed by atoms with Crippen LogP contribution in [0.2, 0.25) is 0 Å². The first kappa shape index (κ1) is 15.9. The van der Waals surface area contributed by atoms with E-state index >= 15 is 0 Å². The molecule has 1 aliphatic carbocycles. The van der Waals surface area contributed by atoms with Crippen molar-refractivity contribution in [3.63, 3.8) is 0 Å². The van der Waals surface area contributed by atoms with E-state index in [1.807, 2.05) is 0 Å². The summed E-state index contributed by atoms with van der Waals surface area (Å²) in [5.74, 6) is 0.764. The van der Waals surface area contributed by atoms with Crippen LogP contribution in [0.4, 0.5) is 0 Å². The van der Waals surface area contributed by atoms with E-state index in [1.54, 1.807) is 7.11 Å². The fourth-order valence-corrected chi connectivity index (χ4v) is 1.61. The van der Waals surface area contributed by atoms with Crippen LogP contribution in [0.5, 0.6) is 0 Å². The maximum atomic E-state index is 9.67. The monoisotopic (exact) mass is 260 g/mol. The van der Waals surface area contributed by atoms with Gasteiger partial charge in [-0.05, 0) is 25.8 Å². The summed E-state index contributed by atoms with van der Waals surface area (Å²) >= 11 is 0. The van der Waals surface area contributed by atoms with Crippen LogP contribution in [-0.2, 0) is 9.47 Å². The molecule has 0 aromatic rings.